The van der Waals surface area contributed by atoms with Gasteiger partial charge in [0.2, 0.25) is 0 Å². The molecule has 0 spiro atoms. The summed E-state index contributed by atoms with van der Waals surface area (Å²) in [7, 11) is 0. The maximum absolute atomic E-state index is 4.30. The van der Waals surface area contributed by atoms with Gasteiger partial charge in [-0.1, -0.05) is 43.2 Å². The molecular weight excluding hydrogens is 298 g/mol. The Morgan fingerprint density at radius 2 is 1.71 bits per heavy atom. The highest BCUT2D eigenvalue weighted by molar-refractivity contribution is 5.15. The summed E-state index contributed by atoms with van der Waals surface area (Å²) in [4.78, 5) is 2.53. The lowest BCUT2D eigenvalue weighted by Crippen LogP contribution is -2.35. The van der Waals surface area contributed by atoms with Gasteiger partial charge in [0.25, 0.3) is 0 Å². The third kappa shape index (κ3) is 3.66. The van der Waals surface area contributed by atoms with Crippen LogP contribution in [0.2, 0.25) is 0 Å². The predicted molar refractivity (Wildman–Crippen MR) is 93.5 cm³/mol. The van der Waals surface area contributed by atoms with Gasteiger partial charge in [0.05, 0.1) is 12.6 Å². The van der Waals surface area contributed by atoms with Crippen LogP contribution in [0.3, 0.4) is 0 Å². The first-order chi connectivity index (χ1) is 11.9. The van der Waals surface area contributed by atoms with Crippen LogP contribution < -0.4 is 0 Å². The Hall–Kier alpha value is -1.75. The van der Waals surface area contributed by atoms with E-state index < -0.39 is 0 Å². The second-order valence-corrected chi connectivity index (χ2v) is 7.39. The molecule has 128 valence electrons. The smallest absolute Gasteiger partial charge is 0.165 e. The van der Waals surface area contributed by atoms with Crippen molar-refractivity contribution in [3.63, 3.8) is 0 Å². The summed E-state index contributed by atoms with van der Waals surface area (Å²) in [6, 6.07) is 11.4. The van der Waals surface area contributed by atoms with Gasteiger partial charge in [0, 0.05) is 0 Å². The van der Waals surface area contributed by atoms with Crippen LogP contribution in [0.5, 0.6) is 0 Å². The summed E-state index contributed by atoms with van der Waals surface area (Å²) in [6.45, 7) is 3.23. The minimum atomic E-state index is 0.533. The Morgan fingerprint density at radius 3 is 2.46 bits per heavy atom. The van der Waals surface area contributed by atoms with Crippen LogP contribution >= 0.6 is 0 Å². The first-order valence-electron chi connectivity index (χ1n) is 9.41. The molecular formula is C19H27N5. The van der Waals surface area contributed by atoms with E-state index in [1.54, 1.807) is 0 Å². The van der Waals surface area contributed by atoms with Gasteiger partial charge in [0.1, 0.15) is 0 Å². The zero-order chi connectivity index (χ0) is 16.2. The van der Waals surface area contributed by atoms with Crippen molar-refractivity contribution < 1.29 is 0 Å². The molecule has 1 aromatic heterocycles. The fourth-order valence-corrected chi connectivity index (χ4v) is 4.24. The first kappa shape index (κ1) is 15.8. The molecule has 24 heavy (non-hydrogen) atoms. The number of tetrazole rings is 1. The number of hydrogen-bond donors (Lipinski definition) is 0. The number of likely N-dealkylation sites (tertiary alicyclic amines) is 1. The molecule has 2 heterocycles. The van der Waals surface area contributed by atoms with E-state index in [0.29, 0.717) is 6.04 Å². The summed E-state index contributed by atoms with van der Waals surface area (Å²) < 4.78 is 2.10. The minimum Gasteiger partial charge on any atom is -0.296 e. The van der Waals surface area contributed by atoms with Crippen LogP contribution in [0.4, 0.5) is 0 Å². The predicted octanol–water partition coefficient (Wildman–Crippen LogP) is 3.24. The van der Waals surface area contributed by atoms with E-state index in [4.69, 9.17) is 0 Å². The molecule has 0 amide bonds. The molecule has 1 aliphatic heterocycles. The Kier molecular flexibility index (Phi) is 4.88. The minimum absolute atomic E-state index is 0.533. The monoisotopic (exact) mass is 325 g/mol. The second-order valence-electron chi connectivity index (χ2n) is 7.39. The Bertz CT molecular complexity index is 624. The summed E-state index contributed by atoms with van der Waals surface area (Å²) >= 11 is 0. The van der Waals surface area contributed by atoms with Gasteiger partial charge in [-0.05, 0) is 67.1 Å². The number of rotatable bonds is 5. The number of benzene rings is 1. The van der Waals surface area contributed by atoms with E-state index in [9.17, 15) is 0 Å². The summed E-state index contributed by atoms with van der Waals surface area (Å²) in [5.74, 6) is 1.87. The highest BCUT2D eigenvalue weighted by Gasteiger charge is 2.24. The Balaban J connectivity index is 1.30. The number of nitrogens with zero attached hydrogens (tertiary/aromatic N) is 5. The van der Waals surface area contributed by atoms with E-state index in [1.165, 1.54) is 50.5 Å². The Morgan fingerprint density at radius 1 is 0.958 bits per heavy atom. The van der Waals surface area contributed by atoms with Crippen LogP contribution in [0.1, 0.15) is 56.0 Å². The molecule has 4 rings (SSSR count). The van der Waals surface area contributed by atoms with Crippen LogP contribution in [0.15, 0.2) is 30.3 Å². The fourth-order valence-electron chi connectivity index (χ4n) is 4.24. The van der Waals surface area contributed by atoms with Gasteiger partial charge >= 0.3 is 0 Å². The molecule has 5 heteroatoms. The molecule has 0 bridgehead atoms. The lowest BCUT2D eigenvalue weighted by molar-refractivity contribution is 0.169. The fraction of sp³-hybridized carbons (Fsp3) is 0.632. The van der Waals surface area contributed by atoms with Crippen LogP contribution in [0, 0.1) is 5.92 Å². The SMILES string of the molecule is c1ccc(CC2CCN(Cc3nnnn3C3CCCC3)CC2)cc1. The van der Waals surface area contributed by atoms with Gasteiger partial charge in [0.15, 0.2) is 5.82 Å². The maximum atomic E-state index is 4.30. The van der Waals surface area contributed by atoms with Gasteiger partial charge in [-0.15, -0.1) is 5.10 Å². The molecule has 0 atom stereocenters. The van der Waals surface area contributed by atoms with E-state index in [0.717, 1.165) is 31.4 Å². The van der Waals surface area contributed by atoms with Crippen molar-refractivity contribution in [3.05, 3.63) is 41.7 Å². The zero-order valence-electron chi connectivity index (χ0n) is 14.3. The van der Waals surface area contributed by atoms with Gasteiger partial charge < -0.3 is 0 Å². The molecule has 1 saturated heterocycles. The highest BCUT2D eigenvalue weighted by atomic mass is 15.6. The average molecular weight is 325 g/mol. The number of piperidine rings is 1. The molecule has 2 aliphatic rings. The molecule has 2 fully saturated rings. The maximum Gasteiger partial charge on any atom is 0.165 e. The molecule has 1 aromatic carbocycles. The van der Waals surface area contributed by atoms with E-state index >= 15 is 0 Å². The van der Waals surface area contributed by atoms with Crippen molar-refractivity contribution in [2.45, 2.75) is 57.5 Å². The summed E-state index contributed by atoms with van der Waals surface area (Å²) in [6.07, 6.45) is 8.87. The van der Waals surface area contributed by atoms with E-state index in [-0.39, 0.29) is 0 Å². The normalized spacial score (nSPS) is 20.7. The third-order valence-corrected chi connectivity index (χ3v) is 5.67. The molecule has 0 N–H and O–H groups in total. The zero-order valence-corrected chi connectivity index (χ0v) is 14.3. The van der Waals surface area contributed by atoms with Crippen molar-refractivity contribution >= 4 is 0 Å². The van der Waals surface area contributed by atoms with E-state index in [2.05, 4.69) is 55.4 Å². The van der Waals surface area contributed by atoms with Gasteiger partial charge in [-0.3, -0.25) is 4.90 Å². The topological polar surface area (TPSA) is 46.8 Å². The third-order valence-electron chi connectivity index (χ3n) is 5.67. The standard InChI is InChI=1S/C19H27N5/c1-2-6-16(7-3-1)14-17-10-12-23(13-11-17)15-19-20-21-22-24(19)18-8-4-5-9-18/h1-3,6-7,17-18H,4-5,8-15H2. The van der Waals surface area contributed by atoms with Crippen molar-refractivity contribution in [1.29, 1.82) is 0 Å². The Labute approximate surface area is 144 Å². The molecule has 5 nitrogen and oxygen atoms in total. The number of aromatic nitrogens is 4. The average Bonchev–Trinajstić information content (AvgIpc) is 3.29. The molecule has 1 saturated carbocycles. The first-order valence-corrected chi connectivity index (χ1v) is 9.41. The molecule has 1 aliphatic carbocycles. The molecule has 2 aromatic rings. The summed E-state index contributed by atoms with van der Waals surface area (Å²) in [5.41, 5.74) is 1.47. The van der Waals surface area contributed by atoms with Crippen LogP contribution in [-0.4, -0.2) is 38.2 Å². The van der Waals surface area contributed by atoms with Crippen molar-refractivity contribution in [1.82, 2.24) is 25.1 Å². The van der Waals surface area contributed by atoms with Crippen molar-refractivity contribution in [3.8, 4) is 0 Å². The van der Waals surface area contributed by atoms with Crippen molar-refractivity contribution in [2.75, 3.05) is 13.1 Å². The van der Waals surface area contributed by atoms with Gasteiger partial charge in [-0.25, -0.2) is 4.68 Å². The van der Waals surface area contributed by atoms with Crippen molar-refractivity contribution in [2.24, 2.45) is 5.92 Å². The van der Waals surface area contributed by atoms with E-state index in [1.807, 2.05) is 0 Å². The lowest BCUT2D eigenvalue weighted by Gasteiger charge is -2.31. The quantitative estimate of drug-likeness (QED) is 0.846. The second kappa shape index (κ2) is 7.43. The highest BCUT2D eigenvalue weighted by Crippen LogP contribution is 2.29. The lowest BCUT2D eigenvalue weighted by atomic mass is 9.90. The molecule has 0 unspecified atom stereocenters. The largest absolute Gasteiger partial charge is 0.296 e. The number of hydrogen-bond acceptors (Lipinski definition) is 4. The van der Waals surface area contributed by atoms with Crippen LogP contribution in [0.25, 0.3) is 0 Å². The van der Waals surface area contributed by atoms with Gasteiger partial charge in [-0.2, -0.15) is 0 Å². The summed E-state index contributed by atoms with van der Waals surface area (Å²) in [5, 5.41) is 12.5. The van der Waals surface area contributed by atoms with Crippen LogP contribution in [-0.2, 0) is 13.0 Å². The molecule has 0 radical (unpaired) electrons.